The third-order valence-corrected chi connectivity index (χ3v) is 2.02. The molecule has 0 amide bonds. The highest BCUT2D eigenvalue weighted by Gasteiger charge is 2.08. The maximum Gasteiger partial charge on any atom is 0.223 e. The van der Waals surface area contributed by atoms with Crippen LogP contribution in [-0.2, 0) is 0 Å². The fraction of sp³-hybridized carbons (Fsp3) is 0.417. The average molecular weight is 376 g/mol. The van der Waals surface area contributed by atoms with Gasteiger partial charge in [0, 0.05) is 18.9 Å². The van der Waals surface area contributed by atoms with Gasteiger partial charge < -0.3 is 5.32 Å². The quantitative estimate of drug-likeness (QED) is 0.198. The second-order valence-corrected chi connectivity index (χ2v) is 5.44. The summed E-state index contributed by atoms with van der Waals surface area (Å²) in [6.45, 7) is 13.0. The number of hydrogen-bond acceptors (Lipinski definition) is 3. The molecule has 2 N–H and O–H groups in total. The van der Waals surface area contributed by atoms with Gasteiger partial charge in [0.05, 0.1) is 0 Å². The highest BCUT2D eigenvalue weighted by Crippen LogP contribution is 1.98. The summed E-state index contributed by atoms with van der Waals surface area (Å²) in [5, 5.41) is 4.59. The lowest BCUT2D eigenvalue weighted by atomic mass is 10.5. The SMILES string of the molecule is C=C/N=C(/NC)N(/C=N\C(C)I)N/C(C)=N\C(=C)C. The lowest BCUT2D eigenvalue weighted by Gasteiger charge is -2.22. The second kappa shape index (κ2) is 9.54. The molecule has 7 heteroatoms. The fourth-order valence-electron chi connectivity index (χ4n) is 1.11. The van der Waals surface area contributed by atoms with Crippen LogP contribution < -0.4 is 10.7 Å². The molecule has 1 atom stereocenters. The first-order chi connectivity index (χ1) is 8.90. The van der Waals surface area contributed by atoms with Crippen molar-refractivity contribution in [3.63, 3.8) is 0 Å². The number of rotatable bonds is 4. The molecule has 0 saturated carbocycles. The van der Waals surface area contributed by atoms with Gasteiger partial charge in [0.25, 0.3) is 0 Å². The van der Waals surface area contributed by atoms with E-state index in [1.165, 1.54) is 6.20 Å². The van der Waals surface area contributed by atoms with Crippen LogP contribution in [0.15, 0.2) is 40.0 Å². The Kier molecular flexibility index (Phi) is 8.84. The molecule has 0 fully saturated rings. The Morgan fingerprint density at radius 1 is 1.42 bits per heavy atom. The van der Waals surface area contributed by atoms with Gasteiger partial charge in [-0.05, 0) is 20.8 Å². The van der Waals surface area contributed by atoms with E-state index in [-0.39, 0.29) is 4.05 Å². The van der Waals surface area contributed by atoms with Gasteiger partial charge in [-0.15, -0.1) is 0 Å². The van der Waals surface area contributed by atoms with Crippen molar-refractivity contribution >= 4 is 40.7 Å². The highest BCUT2D eigenvalue weighted by atomic mass is 127. The molecule has 0 aromatic rings. The van der Waals surface area contributed by atoms with Gasteiger partial charge in [-0.25, -0.2) is 15.0 Å². The summed E-state index contributed by atoms with van der Waals surface area (Å²) >= 11 is 2.21. The van der Waals surface area contributed by atoms with E-state index in [0.717, 1.165) is 5.70 Å². The second-order valence-electron chi connectivity index (χ2n) is 3.64. The summed E-state index contributed by atoms with van der Waals surface area (Å²) < 4.78 is 0.155. The maximum absolute atomic E-state index is 4.30. The molecule has 0 rings (SSSR count). The van der Waals surface area contributed by atoms with E-state index in [2.05, 4.69) is 61.5 Å². The van der Waals surface area contributed by atoms with Gasteiger partial charge in [0.15, 0.2) is 0 Å². The Morgan fingerprint density at radius 2 is 2.05 bits per heavy atom. The minimum Gasteiger partial charge on any atom is -0.357 e. The molecule has 0 radical (unpaired) electrons. The van der Waals surface area contributed by atoms with Crippen LogP contribution in [0.25, 0.3) is 0 Å². The molecule has 0 aliphatic heterocycles. The van der Waals surface area contributed by atoms with Crippen molar-refractivity contribution in [1.82, 2.24) is 15.8 Å². The van der Waals surface area contributed by atoms with Crippen LogP contribution in [0.3, 0.4) is 0 Å². The summed E-state index contributed by atoms with van der Waals surface area (Å²) in [4.78, 5) is 12.6. The predicted molar refractivity (Wildman–Crippen MR) is 91.6 cm³/mol. The summed E-state index contributed by atoms with van der Waals surface area (Å²) in [5.41, 5.74) is 3.79. The number of hydrogen-bond donors (Lipinski definition) is 2. The largest absolute Gasteiger partial charge is 0.357 e. The first kappa shape index (κ1) is 17.6. The summed E-state index contributed by atoms with van der Waals surface area (Å²) in [6.07, 6.45) is 3.10. The molecule has 19 heavy (non-hydrogen) atoms. The first-order valence-corrected chi connectivity index (χ1v) is 6.95. The van der Waals surface area contributed by atoms with Crippen molar-refractivity contribution in [3.05, 3.63) is 25.1 Å². The molecule has 0 saturated heterocycles. The molecule has 0 aliphatic rings. The third-order valence-electron chi connectivity index (χ3n) is 1.69. The van der Waals surface area contributed by atoms with E-state index < -0.39 is 0 Å². The number of hydrazine groups is 1. The Balaban J connectivity index is 5.11. The summed E-state index contributed by atoms with van der Waals surface area (Å²) in [6, 6.07) is 0. The first-order valence-electron chi connectivity index (χ1n) is 5.71. The van der Waals surface area contributed by atoms with Crippen LogP contribution in [0.2, 0.25) is 0 Å². The standard InChI is InChI=1S/C12H21IN6/c1-7-15-12(14-6)19(8-16-10(4)13)18-11(5)17-9(2)3/h7-8,10H,1-2H2,3-6H3,(H,14,15)(H,17,18)/b16-8-. The molecule has 6 nitrogen and oxygen atoms in total. The molecule has 0 aromatic carbocycles. The zero-order valence-corrected chi connectivity index (χ0v) is 14.0. The molecule has 0 aliphatic carbocycles. The lowest BCUT2D eigenvalue weighted by Crippen LogP contribution is -2.49. The number of halogens is 1. The Bertz CT molecular complexity index is 397. The topological polar surface area (TPSA) is 64.4 Å². The van der Waals surface area contributed by atoms with Crippen LogP contribution in [0.4, 0.5) is 0 Å². The van der Waals surface area contributed by atoms with Crippen LogP contribution >= 0.6 is 22.6 Å². The van der Waals surface area contributed by atoms with E-state index in [1.807, 2.05) is 20.8 Å². The molecule has 0 bridgehead atoms. The number of nitrogens with one attached hydrogen (secondary N) is 2. The van der Waals surface area contributed by atoms with Crippen LogP contribution in [0, 0.1) is 0 Å². The maximum atomic E-state index is 4.30. The fourth-order valence-corrected chi connectivity index (χ4v) is 1.26. The normalized spacial score (nSPS) is 14.2. The van der Waals surface area contributed by atoms with E-state index in [4.69, 9.17) is 0 Å². The molecule has 106 valence electrons. The summed E-state index contributed by atoms with van der Waals surface area (Å²) in [7, 11) is 1.77. The number of guanidine groups is 1. The zero-order chi connectivity index (χ0) is 14.8. The Hall–Kier alpha value is -1.38. The number of nitrogens with zero attached hydrogens (tertiary/aromatic N) is 4. The van der Waals surface area contributed by atoms with Gasteiger partial charge >= 0.3 is 0 Å². The zero-order valence-electron chi connectivity index (χ0n) is 11.8. The van der Waals surface area contributed by atoms with Crippen LogP contribution in [-0.4, -0.2) is 34.2 Å². The Morgan fingerprint density at radius 3 is 2.47 bits per heavy atom. The number of alkyl halides is 1. The predicted octanol–water partition coefficient (Wildman–Crippen LogP) is 2.27. The van der Waals surface area contributed by atoms with Crippen LogP contribution in [0.5, 0.6) is 0 Å². The third kappa shape index (κ3) is 8.36. The summed E-state index contributed by atoms with van der Waals surface area (Å²) in [5.74, 6) is 1.25. The monoisotopic (exact) mass is 376 g/mol. The van der Waals surface area contributed by atoms with Gasteiger partial charge in [0.1, 0.15) is 16.2 Å². The van der Waals surface area contributed by atoms with Crippen LogP contribution in [0.1, 0.15) is 20.8 Å². The molecule has 0 heterocycles. The van der Waals surface area contributed by atoms with Crippen molar-refractivity contribution in [2.24, 2.45) is 15.0 Å². The minimum atomic E-state index is 0.155. The van der Waals surface area contributed by atoms with Crippen molar-refractivity contribution in [1.29, 1.82) is 0 Å². The van der Waals surface area contributed by atoms with E-state index >= 15 is 0 Å². The van der Waals surface area contributed by atoms with Gasteiger partial charge in [-0.2, -0.15) is 0 Å². The van der Waals surface area contributed by atoms with Crippen molar-refractivity contribution in [2.75, 3.05) is 7.05 Å². The number of amidine groups is 1. The average Bonchev–Trinajstić information content (AvgIpc) is 2.30. The van der Waals surface area contributed by atoms with E-state index in [9.17, 15) is 0 Å². The van der Waals surface area contributed by atoms with Gasteiger partial charge in [0.2, 0.25) is 5.96 Å². The highest BCUT2D eigenvalue weighted by molar-refractivity contribution is 14.1. The van der Waals surface area contributed by atoms with E-state index in [1.54, 1.807) is 18.4 Å². The van der Waals surface area contributed by atoms with Crippen molar-refractivity contribution < 1.29 is 0 Å². The molecule has 0 aromatic heterocycles. The number of allylic oxidation sites excluding steroid dienone is 1. The van der Waals surface area contributed by atoms with Crippen molar-refractivity contribution in [2.45, 2.75) is 24.8 Å². The van der Waals surface area contributed by atoms with E-state index in [0.29, 0.717) is 11.8 Å². The molecular formula is C12H21IN6. The van der Waals surface area contributed by atoms with Gasteiger partial charge in [-0.3, -0.25) is 10.4 Å². The molecular weight excluding hydrogens is 355 g/mol. The smallest absolute Gasteiger partial charge is 0.223 e. The molecule has 0 spiro atoms. The lowest BCUT2D eigenvalue weighted by molar-refractivity contribution is 0.547. The number of aliphatic imine (C=N–C) groups is 3. The molecule has 1 unspecified atom stereocenters. The van der Waals surface area contributed by atoms with Gasteiger partial charge in [-0.1, -0.05) is 35.7 Å². The minimum absolute atomic E-state index is 0.155. The van der Waals surface area contributed by atoms with Crippen molar-refractivity contribution in [3.8, 4) is 0 Å². The Labute approximate surface area is 128 Å².